The molecule has 0 radical (unpaired) electrons. The second-order valence-electron chi connectivity index (χ2n) is 3.92. The van der Waals surface area contributed by atoms with E-state index in [1.807, 2.05) is 0 Å². The molecule has 1 amide bonds. The highest BCUT2D eigenvalue weighted by atomic mass is 35.5. The van der Waals surface area contributed by atoms with Crippen molar-refractivity contribution >= 4 is 41.2 Å². The first-order valence-corrected chi connectivity index (χ1v) is 6.47. The fourth-order valence-electron chi connectivity index (χ4n) is 1.41. The van der Waals surface area contributed by atoms with Crippen molar-refractivity contribution in [2.45, 2.75) is 12.5 Å². The first-order valence-electron chi connectivity index (χ1n) is 5.71. The number of nitrogens with one attached hydrogen (secondary N) is 1. The molecule has 20 heavy (non-hydrogen) atoms. The number of hydrogen-bond acceptors (Lipinski definition) is 2. The zero-order valence-corrected chi connectivity index (χ0v) is 12.0. The van der Waals surface area contributed by atoms with Crippen LogP contribution < -0.4 is 5.32 Å². The highest BCUT2D eigenvalue weighted by Gasteiger charge is 2.16. The topological polar surface area (TPSA) is 66.4 Å². The molecule has 0 aliphatic heterocycles. The lowest BCUT2D eigenvalue weighted by atomic mass is 10.2. The monoisotopic (exact) mass is 313 g/mol. The van der Waals surface area contributed by atoms with Gasteiger partial charge in [0.05, 0.1) is 0 Å². The van der Waals surface area contributed by atoms with E-state index in [9.17, 15) is 9.59 Å². The van der Waals surface area contributed by atoms with E-state index in [0.29, 0.717) is 15.6 Å². The van der Waals surface area contributed by atoms with Crippen molar-refractivity contribution in [3.63, 3.8) is 0 Å². The molecule has 0 spiro atoms. The van der Waals surface area contributed by atoms with Gasteiger partial charge in [0, 0.05) is 16.1 Å². The van der Waals surface area contributed by atoms with E-state index in [2.05, 4.69) is 11.9 Å². The average molecular weight is 314 g/mol. The standard InChI is InChI=1S/C14H13Cl2NO3/c1-2-3-12(14(19)20)17-13(18)7-5-9-4-6-10(15)8-11(9)16/h2,4-8,12H,1,3H2,(H,17,18)(H,19,20)/b7-5+. The van der Waals surface area contributed by atoms with Crippen LogP contribution in [0.3, 0.4) is 0 Å². The largest absolute Gasteiger partial charge is 0.480 e. The van der Waals surface area contributed by atoms with E-state index in [1.54, 1.807) is 18.2 Å². The minimum Gasteiger partial charge on any atom is -0.480 e. The molecule has 4 nitrogen and oxygen atoms in total. The van der Waals surface area contributed by atoms with E-state index < -0.39 is 17.9 Å². The van der Waals surface area contributed by atoms with Crippen LogP contribution in [0.1, 0.15) is 12.0 Å². The van der Waals surface area contributed by atoms with Crippen LogP contribution in [-0.2, 0) is 9.59 Å². The van der Waals surface area contributed by atoms with E-state index in [4.69, 9.17) is 28.3 Å². The van der Waals surface area contributed by atoms with Crippen LogP contribution in [0.2, 0.25) is 10.0 Å². The van der Waals surface area contributed by atoms with Gasteiger partial charge in [-0.1, -0.05) is 35.3 Å². The highest BCUT2D eigenvalue weighted by molar-refractivity contribution is 6.35. The summed E-state index contributed by atoms with van der Waals surface area (Å²) in [5.74, 6) is -1.64. The predicted molar refractivity (Wildman–Crippen MR) is 79.9 cm³/mol. The van der Waals surface area contributed by atoms with Crippen LogP contribution in [0, 0.1) is 0 Å². The SMILES string of the molecule is C=CCC(NC(=O)/C=C/c1ccc(Cl)cc1Cl)C(=O)O. The van der Waals surface area contributed by atoms with Gasteiger partial charge < -0.3 is 10.4 Å². The Morgan fingerprint density at radius 3 is 2.65 bits per heavy atom. The lowest BCUT2D eigenvalue weighted by Gasteiger charge is -2.10. The van der Waals surface area contributed by atoms with Crippen LogP contribution in [0.15, 0.2) is 36.9 Å². The van der Waals surface area contributed by atoms with Crippen LogP contribution >= 0.6 is 23.2 Å². The third-order valence-corrected chi connectivity index (χ3v) is 2.96. The summed E-state index contributed by atoms with van der Waals surface area (Å²) in [5.41, 5.74) is 0.613. The third-order valence-electron chi connectivity index (χ3n) is 2.39. The van der Waals surface area contributed by atoms with Gasteiger partial charge in [0.1, 0.15) is 6.04 Å². The molecule has 1 aromatic carbocycles. The lowest BCUT2D eigenvalue weighted by Crippen LogP contribution is -2.39. The maximum atomic E-state index is 11.6. The maximum absolute atomic E-state index is 11.6. The number of carbonyl (C=O) groups excluding carboxylic acids is 1. The Balaban J connectivity index is 2.71. The number of amides is 1. The fraction of sp³-hybridized carbons (Fsp3) is 0.143. The summed E-state index contributed by atoms with van der Waals surface area (Å²) in [6.45, 7) is 3.44. The van der Waals surface area contributed by atoms with Crippen molar-refractivity contribution in [1.29, 1.82) is 0 Å². The molecule has 0 saturated heterocycles. The third kappa shape index (κ3) is 5.07. The Morgan fingerprint density at radius 2 is 2.10 bits per heavy atom. The lowest BCUT2D eigenvalue weighted by molar-refractivity contribution is -0.141. The number of halogens is 2. The van der Waals surface area contributed by atoms with Gasteiger partial charge in [0.2, 0.25) is 5.91 Å². The first-order chi connectivity index (χ1) is 9.43. The Hall–Kier alpha value is -1.78. The Morgan fingerprint density at radius 1 is 1.40 bits per heavy atom. The van der Waals surface area contributed by atoms with Crippen molar-refractivity contribution in [2.75, 3.05) is 0 Å². The van der Waals surface area contributed by atoms with Gasteiger partial charge in [0.25, 0.3) is 0 Å². The summed E-state index contributed by atoms with van der Waals surface area (Å²) in [5, 5.41) is 12.1. The van der Waals surface area contributed by atoms with Gasteiger partial charge in [0.15, 0.2) is 0 Å². The fourth-order valence-corrected chi connectivity index (χ4v) is 1.88. The number of rotatable bonds is 6. The van der Waals surface area contributed by atoms with Crippen LogP contribution in [0.4, 0.5) is 0 Å². The predicted octanol–water partition coefficient (Wildman–Crippen LogP) is 3.15. The van der Waals surface area contributed by atoms with Crippen molar-refractivity contribution in [3.8, 4) is 0 Å². The number of carboxylic acid groups (broad SMARTS) is 1. The van der Waals surface area contributed by atoms with Gasteiger partial charge in [-0.3, -0.25) is 4.79 Å². The summed E-state index contributed by atoms with van der Waals surface area (Å²) >= 11 is 11.7. The van der Waals surface area contributed by atoms with Crippen molar-refractivity contribution in [1.82, 2.24) is 5.32 Å². The molecule has 1 aromatic rings. The van der Waals surface area contributed by atoms with Gasteiger partial charge in [-0.2, -0.15) is 0 Å². The van der Waals surface area contributed by atoms with Crippen LogP contribution in [-0.4, -0.2) is 23.0 Å². The highest BCUT2D eigenvalue weighted by Crippen LogP contribution is 2.21. The van der Waals surface area contributed by atoms with E-state index in [0.717, 1.165) is 0 Å². The summed E-state index contributed by atoms with van der Waals surface area (Å²) in [6.07, 6.45) is 4.28. The average Bonchev–Trinajstić information content (AvgIpc) is 2.37. The molecule has 6 heteroatoms. The summed E-state index contributed by atoms with van der Waals surface area (Å²) < 4.78 is 0. The second-order valence-corrected chi connectivity index (χ2v) is 4.77. The molecule has 0 heterocycles. The van der Waals surface area contributed by atoms with E-state index in [-0.39, 0.29) is 6.42 Å². The van der Waals surface area contributed by atoms with Crippen LogP contribution in [0.5, 0.6) is 0 Å². The normalized spacial score (nSPS) is 12.1. The Bertz CT molecular complexity index is 555. The molecule has 2 N–H and O–H groups in total. The Labute approximate surface area is 126 Å². The van der Waals surface area contributed by atoms with E-state index in [1.165, 1.54) is 18.2 Å². The summed E-state index contributed by atoms with van der Waals surface area (Å²) in [6, 6.07) is 3.86. The molecular formula is C14H13Cl2NO3. The summed E-state index contributed by atoms with van der Waals surface area (Å²) in [4.78, 5) is 22.5. The molecule has 0 aliphatic rings. The number of aliphatic carboxylic acids is 1. The number of hydrogen-bond donors (Lipinski definition) is 2. The number of carbonyl (C=O) groups is 2. The maximum Gasteiger partial charge on any atom is 0.326 e. The minimum atomic E-state index is -1.11. The van der Waals surface area contributed by atoms with Gasteiger partial charge in [-0.15, -0.1) is 6.58 Å². The first kappa shape index (κ1) is 16.3. The van der Waals surface area contributed by atoms with Gasteiger partial charge in [-0.05, 0) is 30.2 Å². The molecule has 106 valence electrons. The molecule has 0 bridgehead atoms. The second kappa shape index (κ2) is 7.72. The van der Waals surface area contributed by atoms with Crippen molar-refractivity contribution in [2.24, 2.45) is 0 Å². The molecule has 1 unspecified atom stereocenters. The number of carboxylic acids is 1. The minimum absolute atomic E-state index is 0.149. The van der Waals surface area contributed by atoms with E-state index >= 15 is 0 Å². The Kier molecular flexibility index (Phi) is 6.28. The molecule has 1 rings (SSSR count). The molecule has 1 atom stereocenters. The van der Waals surface area contributed by atoms with Crippen LogP contribution in [0.25, 0.3) is 6.08 Å². The summed E-state index contributed by atoms with van der Waals surface area (Å²) in [7, 11) is 0. The van der Waals surface area contributed by atoms with Crippen molar-refractivity contribution in [3.05, 3.63) is 52.5 Å². The number of benzene rings is 1. The molecular weight excluding hydrogens is 301 g/mol. The molecule has 0 fully saturated rings. The molecule has 0 aliphatic carbocycles. The zero-order valence-electron chi connectivity index (χ0n) is 10.5. The smallest absolute Gasteiger partial charge is 0.326 e. The molecule has 0 aromatic heterocycles. The van der Waals surface area contributed by atoms with Gasteiger partial charge >= 0.3 is 5.97 Å². The molecule has 0 saturated carbocycles. The van der Waals surface area contributed by atoms with Crippen molar-refractivity contribution < 1.29 is 14.7 Å². The van der Waals surface area contributed by atoms with Gasteiger partial charge in [-0.25, -0.2) is 4.79 Å². The zero-order chi connectivity index (χ0) is 15.1. The quantitative estimate of drug-likeness (QED) is 0.626.